The average Bonchev–Trinajstić information content (AvgIpc) is 2.82. The highest BCUT2D eigenvalue weighted by Gasteiger charge is 2.41. The fourth-order valence-electron chi connectivity index (χ4n) is 4.60. The van der Waals surface area contributed by atoms with Gasteiger partial charge in [0.2, 0.25) is 10.0 Å². The van der Waals surface area contributed by atoms with E-state index in [1.165, 1.54) is 17.3 Å². The third kappa shape index (κ3) is 6.65. The maximum Gasteiger partial charge on any atom is 0.251 e. The Morgan fingerprint density at radius 1 is 1.05 bits per heavy atom. The standard InChI is InChI=1S/C27H28Cl2FN3O4S/c1-17(34)14-31-27(35)20-11-23(30)13-24(12-20)33(38(2,36)37)25-15-32(16-25)26(18-3-7-21(28)8-4-18)19-5-9-22(29)10-6-19/h3-13,17,25-26,34H,14-16H2,1-2H3,(H,31,35). The van der Waals surface area contributed by atoms with E-state index in [2.05, 4.69) is 10.2 Å². The lowest BCUT2D eigenvalue weighted by Crippen LogP contribution is -2.61. The van der Waals surface area contributed by atoms with Crippen LogP contribution in [0, 0.1) is 5.82 Å². The first-order chi connectivity index (χ1) is 17.9. The number of rotatable bonds is 9. The van der Waals surface area contributed by atoms with Gasteiger partial charge in [-0.15, -0.1) is 0 Å². The third-order valence-electron chi connectivity index (χ3n) is 6.27. The summed E-state index contributed by atoms with van der Waals surface area (Å²) in [6, 6.07) is 17.7. The van der Waals surface area contributed by atoms with Crippen molar-refractivity contribution in [2.75, 3.05) is 30.2 Å². The number of aliphatic hydroxyl groups excluding tert-OH is 1. The topological polar surface area (TPSA) is 89.9 Å². The molecule has 1 aliphatic heterocycles. The number of benzene rings is 3. The minimum absolute atomic E-state index is 0.0190. The van der Waals surface area contributed by atoms with Crippen molar-refractivity contribution in [2.24, 2.45) is 0 Å². The van der Waals surface area contributed by atoms with E-state index in [-0.39, 0.29) is 23.8 Å². The van der Waals surface area contributed by atoms with E-state index in [0.29, 0.717) is 23.1 Å². The smallest absolute Gasteiger partial charge is 0.251 e. The predicted molar refractivity (Wildman–Crippen MR) is 148 cm³/mol. The zero-order chi connectivity index (χ0) is 27.6. The van der Waals surface area contributed by atoms with Crippen LogP contribution in [0.3, 0.4) is 0 Å². The molecule has 7 nitrogen and oxygen atoms in total. The lowest BCUT2D eigenvalue weighted by molar-refractivity contribution is 0.0923. The number of likely N-dealkylation sites (tertiary alicyclic amines) is 1. The maximum atomic E-state index is 14.6. The largest absolute Gasteiger partial charge is 0.392 e. The van der Waals surface area contributed by atoms with Crippen molar-refractivity contribution >= 4 is 44.8 Å². The third-order valence-corrected chi connectivity index (χ3v) is 8.00. The van der Waals surface area contributed by atoms with Gasteiger partial charge in [-0.05, 0) is 60.5 Å². The summed E-state index contributed by atoms with van der Waals surface area (Å²) in [7, 11) is -3.82. The minimum Gasteiger partial charge on any atom is -0.392 e. The molecular weight excluding hydrogens is 552 g/mol. The first kappa shape index (κ1) is 28.3. The van der Waals surface area contributed by atoms with E-state index in [1.807, 2.05) is 24.3 Å². The Balaban J connectivity index is 1.62. The molecule has 1 fully saturated rings. The van der Waals surface area contributed by atoms with Crippen molar-refractivity contribution in [3.63, 3.8) is 0 Å². The van der Waals surface area contributed by atoms with Crippen LogP contribution in [0.15, 0.2) is 66.7 Å². The molecule has 0 bridgehead atoms. The summed E-state index contributed by atoms with van der Waals surface area (Å²) in [5, 5.41) is 13.1. The molecule has 0 aromatic heterocycles. The summed E-state index contributed by atoms with van der Waals surface area (Å²) in [5.41, 5.74) is 1.98. The number of nitrogens with one attached hydrogen (secondary N) is 1. The van der Waals surface area contributed by atoms with Crippen molar-refractivity contribution < 1.29 is 22.7 Å². The van der Waals surface area contributed by atoms with E-state index in [0.717, 1.165) is 29.5 Å². The van der Waals surface area contributed by atoms with Crippen molar-refractivity contribution in [3.8, 4) is 0 Å². The molecule has 1 unspecified atom stereocenters. The van der Waals surface area contributed by atoms with Gasteiger partial charge >= 0.3 is 0 Å². The van der Waals surface area contributed by atoms with Crippen LogP contribution in [0.4, 0.5) is 10.1 Å². The molecule has 0 radical (unpaired) electrons. The van der Waals surface area contributed by atoms with Crippen molar-refractivity contribution in [2.45, 2.75) is 25.1 Å². The average molecular weight is 581 g/mol. The van der Waals surface area contributed by atoms with Crippen molar-refractivity contribution in [1.82, 2.24) is 10.2 Å². The van der Waals surface area contributed by atoms with Crippen LogP contribution in [0.1, 0.15) is 34.5 Å². The first-order valence-electron chi connectivity index (χ1n) is 11.9. The SMILES string of the molecule is CC(O)CNC(=O)c1cc(F)cc(N(C2CN(C(c3ccc(Cl)cc3)c3ccc(Cl)cc3)C2)S(C)(=O)=O)c1. The number of nitrogens with zero attached hydrogens (tertiary/aromatic N) is 2. The quantitative estimate of drug-likeness (QED) is 0.390. The Morgan fingerprint density at radius 3 is 2.05 bits per heavy atom. The summed E-state index contributed by atoms with van der Waals surface area (Å²) in [6.07, 6.45) is 0.276. The molecule has 38 heavy (non-hydrogen) atoms. The van der Waals surface area contributed by atoms with Gasteiger partial charge in [-0.25, -0.2) is 12.8 Å². The molecule has 1 amide bonds. The highest BCUT2D eigenvalue weighted by molar-refractivity contribution is 7.92. The van der Waals surface area contributed by atoms with Crippen LogP contribution < -0.4 is 9.62 Å². The number of carbonyl (C=O) groups is 1. The van der Waals surface area contributed by atoms with Gasteiger partial charge in [0.1, 0.15) is 5.82 Å². The lowest BCUT2D eigenvalue weighted by atomic mass is 9.93. The number of anilines is 1. The maximum absolute atomic E-state index is 14.6. The summed E-state index contributed by atoms with van der Waals surface area (Å²) < 4.78 is 41.5. The Labute approximate surface area is 231 Å². The molecular formula is C27H28Cl2FN3O4S. The molecule has 1 heterocycles. The predicted octanol–water partition coefficient (Wildman–Crippen LogP) is 4.48. The number of hydrogen-bond donors (Lipinski definition) is 2. The lowest BCUT2D eigenvalue weighted by Gasteiger charge is -2.48. The molecule has 11 heteroatoms. The Morgan fingerprint density at radius 2 is 1.58 bits per heavy atom. The normalized spacial score (nSPS) is 15.2. The van der Waals surface area contributed by atoms with E-state index in [1.54, 1.807) is 24.3 Å². The minimum atomic E-state index is -3.82. The number of carbonyl (C=O) groups excluding carboxylic acids is 1. The molecule has 3 aromatic carbocycles. The van der Waals surface area contributed by atoms with E-state index in [4.69, 9.17) is 23.2 Å². The molecule has 3 aromatic rings. The molecule has 1 saturated heterocycles. The van der Waals surface area contributed by atoms with Crippen LogP contribution in [-0.4, -0.2) is 62.4 Å². The van der Waals surface area contributed by atoms with Crippen LogP contribution >= 0.6 is 23.2 Å². The first-order valence-corrected chi connectivity index (χ1v) is 14.5. The summed E-state index contributed by atoms with van der Waals surface area (Å²) in [5.74, 6) is -1.35. The highest BCUT2D eigenvalue weighted by atomic mass is 35.5. The molecule has 0 aliphatic carbocycles. The van der Waals surface area contributed by atoms with Crippen molar-refractivity contribution in [3.05, 3.63) is 99.3 Å². The summed E-state index contributed by atoms with van der Waals surface area (Å²) in [6.45, 7) is 2.22. The Kier molecular flexibility index (Phi) is 8.64. The molecule has 2 N–H and O–H groups in total. The van der Waals surface area contributed by atoms with E-state index in [9.17, 15) is 22.7 Å². The van der Waals surface area contributed by atoms with Crippen LogP contribution in [0.25, 0.3) is 0 Å². The van der Waals surface area contributed by atoms with E-state index >= 15 is 0 Å². The fourth-order valence-corrected chi connectivity index (χ4v) is 6.01. The van der Waals surface area contributed by atoms with Crippen LogP contribution in [-0.2, 0) is 10.0 Å². The van der Waals surface area contributed by atoms with Gasteiger partial charge in [-0.2, -0.15) is 0 Å². The number of hydrogen-bond acceptors (Lipinski definition) is 5. The van der Waals surface area contributed by atoms with Crippen molar-refractivity contribution in [1.29, 1.82) is 0 Å². The van der Waals surface area contributed by atoms with Crippen LogP contribution in [0.5, 0.6) is 0 Å². The molecule has 0 saturated carbocycles. The van der Waals surface area contributed by atoms with Gasteiger partial charge in [0.15, 0.2) is 0 Å². The molecule has 202 valence electrons. The number of aliphatic hydroxyl groups is 1. The fraction of sp³-hybridized carbons (Fsp3) is 0.296. The second kappa shape index (κ2) is 11.6. The van der Waals surface area contributed by atoms with Gasteiger partial charge in [0.05, 0.1) is 30.1 Å². The highest BCUT2D eigenvalue weighted by Crippen LogP contribution is 2.37. The molecule has 0 spiro atoms. The van der Waals surface area contributed by atoms with Gasteiger partial charge in [-0.1, -0.05) is 47.5 Å². The molecule has 1 atom stereocenters. The molecule has 4 rings (SSSR count). The number of amides is 1. The van der Waals surface area contributed by atoms with Gasteiger partial charge in [0, 0.05) is 35.2 Å². The second-order valence-corrected chi connectivity index (χ2v) is 12.2. The Bertz CT molecular complexity index is 1350. The van der Waals surface area contributed by atoms with E-state index < -0.39 is 33.9 Å². The summed E-state index contributed by atoms with van der Waals surface area (Å²) in [4.78, 5) is 14.6. The zero-order valence-corrected chi connectivity index (χ0v) is 23.1. The number of halogens is 3. The second-order valence-electron chi connectivity index (χ2n) is 9.43. The van der Waals surface area contributed by atoms with Gasteiger partial charge in [0.25, 0.3) is 5.91 Å². The van der Waals surface area contributed by atoms with Gasteiger partial charge < -0.3 is 10.4 Å². The number of sulfonamides is 1. The molecule has 1 aliphatic rings. The zero-order valence-electron chi connectivity index (χ0n) is 20.8. The summed E-state index contributed by atoms with van der Waals surface area (Å²) >= 11 is 12.2. The van der Waals surface area contributed by atoms with Gasteiger partial charge in [-0.3, -0.25) is 14.0 Å². The monoisotopic (exact) mass is 579 g/mol. The van der Waals surface area contributed by atoms with Crippen LogP contribution in [0.2, 0.25) is 10.0 Å². The Hall–Kier alpha value is -2.69.